The number of imidazole rings is 1. The number of aromatic amines is 1. The predicted molar refractivity (Wildman–Crippen MR) is 62.9 cm³/mol. The zero-order valence-electron chi connectivity index (χ0n) is 9.55. The zero-order valence-corrected chi connectivity index (χ0v) is 9.55. The highest BCUT2D eigenvalue weighted by Crippen LogP contribution is 2.15. The predicted octanol–water partition coefficient (Wildman–Crippen LogP) is 2.24. The summed E-state index contributed by atoms with van der Waals surface area (Å²) in [7, 11) is 0. The number of hydrogen-bond donors (Lipinski definition) is 2. The second-order valence-corrected chi connectivity index (χ2v) is 3.98. The number of H-pyrrole nitrogens is 1. The van der Waals surface area contributed by atoms with Crippen molar-refractivity contribution in [3.63, 3.8) is 0 Å². The highest BCUT2D eigenvalue weighted by atomic mass is 19.1. The summed E-state index contributed by atoms with van der Waals surface area (Å²) in [6.45, 7) is 5.08. The van der Waals surface area contributed by atoms with Crippen LogP contribution in [-0.2, 0) is 6.42 Å². The average molecular weight is 221 g/mol. The molecule has 0 fully saturated rings. The normalized spacial score (nSPS) is 13.2. The molecule has 0 aliphatic carbocycles. The van der Waals surface area contributed by atoms with Crippen LogP contribution in [0.15, 0.2) is 18.2 Å². The van der Waals surface area contributed by atoms with Gasteiger partial charge in [-0.1, -0.05) is 13.0 Å². The summed E-state index contributed by atoms with van der Waals surface area (Å²) in [6.07, 6.45) is 0.780. The van der Waals surface area contributed by atoms with Crippen LogP contribution >= 0.6 is 0 Å². The van der Waals surface area contributed by atoms with E-state index in [0.29, 0.717) is 11.6 Å². The molecular formula is C12H16FN3. The van der Waals surface area contributed by atoms with Crippen molar-refractivity contribution in [3.8, 4) is 0 Å². The number of aromatic nitrogens is 2. The Morgan fingerprint density at radius 2 is 2.31 bits per heavy atom. The van der Waals surface area contributed by atoms with E-state index in [1.54, 1.807) is 6.07 Å². The van der Waals surface area contributed by atoms with Crippen LogP contribution in [0.4, 0.5) is 4.39 Å². The molecule has 1 unspecified atom stereocenters. The van der Waals surface area contributed by atoms with Crippen LogP contribution in [-0.4, -0.2) is 22.6 Å². The summed E-state index contributed by atoms with van der Waals surface area (Å²) in [5, 5.41) is 3.30. The van der Waals surface area contributed by atoms with E-state index in [1.165, 1.54) is 6.07 Å². The minimum atomic E-state index is -0.267. The molecule has 3 nitrogen and oxygen atoms in total. The van der Waals surface area contributed by atoms with Crippen molar-refractivity contribution >= 4 is 11.0 Å². The Kier molecular flexibility index (Phi) is 3.19. The highest BCUT2D eigenvalue weighted by molar-refractivity contribution is 5.75. The molecule has 1 aromatic heterocycles. The third-order valence-corrected chi connectivity index (χ3v) is 2.56. The number of fused-ring (bicyclic) bond motifs is 1. The quantitative estimate of drug-likeness (QED) is 0.831. The summed E-state index contributed by atoms with van der Waals surface area (Å²) in [5.74, 6) is 0.560. The average Bonchev–Trinajstić information content (AvgIpc) is 2.62. The molecule has 86 valence electrons. The molecule has 4 heteroatoms. The fraction of sp³-hybridized carbons (Fsp3) is 0.417. The van der Waals surface area contributed by atoms with Crippen molar-refractivity contribution in [2.24, 2.45) is 0 Å². The van der Waals surface area contributed by atoms with Crippen molar-refractivity contribution in [2.75, 3.05) is 6.54 Å². The molecule has 1 atom stereocenters. The van der Waals surface area contributed by atoms with Gasteiger partial charge in [-0.25, -0.2) is 9.37 Å². The lowest BCUT2D eigenvalue weighted by atomic mass is 10.2. The van der Waals surface area contributed by atoms with E-state index in [-0.39, 0.29) is 5.82 Å². The topological polar surface area (TPSA) is 40.7 Å². The number of hydrogen-bond acceptors (Lipinski definition) is 2. The fourth-order valence-electron chi connectivity index (χ4n) is 1.86. The van der Waals surface area contributed by atoms with Crippen molar-refractivity contribution in [3.05, 3.63) is 29.8 Å². The minimum absolute atomic E-state index is 0.267. The molecule has 2 aromatic rings. The number of nitrogens with zero attached hydrogens (tertiary/aromatic N) is 1. The Morgan fingerprint density at radius 3 is 3.00 bits per heavy atom. The molecule has 16 heavy (non-hydrogen) atoms. The van der Waals surface area contributed by atoms with E-state index in [1.807, 2.05) is 6.07 Å². The lowest BCUT2D eigenvalue weighted by Crippen LogP contribution is -2.27. The van der Waals surface area contributed by atoms with E-state index >= 15 is 0 Å². The summed E-state index contributed by atoms with van der Waals surface area (Å²) < 4.78 is 13.4. The Bertz CT molecular complexity index is 478. The van der Waals surface area contributed by atoms with Gasteiger partial charge in [-0.05, 0) is 25.6 Å². The van der Waals surface area contributed by atoms with E-state index < -0.39 is 0 Å². The van der Waals surface area contributed by atoms with Crippen LogP contribution in [0.2, 0.25) is 0 Å². The van der Waals surface area contributed by atoms with Gasteiger partial charge in [0.25, 0.3) is 0 Å². The Morgan fingerprint density at radius 1 is 1.50 bits per heavy atom. The van der Waals surface area contributed by atoms with Gasteiger partial charge in [-0.2, -0.15) is 0 Å². The van der Waals surface area contributed by atoms with Crippen LogP contribution in [0.5, 0.6) is 0 Å². The number of para-hydroxylation sites is 1. The molecule has 1 heterocycles. The Labute approximate surface area is 94.1 Å². The third-order valence-electron chi connectivity index (χ3n) is 2.56. The fourth-order valence-corrected chi connectivity index (χ4v) is 1.86. The largest absolute Gasteiger partial charge is 0.342 e. The molecular weight excluding hydrogens is 205 g/mol. The number of rotatable bonds is 4. The van der Waals surface area contributed by atoms with Gasteiger partial charge in [0.1, 0.15) is 11.3 Å². The maximum Gasteiger partial charge on any atom is 0.151 e. The highest BCUT2D eigenvalue weighted by Gasteiger charge is 2.09. The van der Waals surface area contributed by atoms with Crippen molar-refractivity contribution in [1.82, 2.24) is 15.3 Å². The van der Waals surface area contributed by atoms with Crippen molar-refractivity contribution in [2.45, 2.75) is 26.3 Å². The van der Waals surface area contributed by atoms with Gasteiger partial charge in [0.15, 0.2) is 5.82 Å². The van der Waals surface area contributed by atoms with Crippen LogP contribution in [0.1, 0.15) is 19.7 Å². The smallest absolute Gasteiger partial charge is 0.151 e. The molecule has 2 N–H and O–H groups in total. The zero-order chi connectivity index (χ0) is 11.5. The standard InChI is InChI=1S/C12H16FN3/c1-3-14-8(2)7-11-15-10-6-4-5-9(13)12(10)16-11/h4-6,8,14H,3,7H2,1-2H3,(H,15,16). The number of likely N-dealkylation sites (N-methyl/N-ethyl adjacent to an activating group) is 1. The molecule has 0 aliphatic rings. The molecule has 1 aromatic carbocycles. The molecule has 0 saturated carbocycles. The van der Waals surface area contributed by atoms with Crippen molar-refractivity contribution in [1.29, 1.82) is 0 Å². The van der Waals surface area contributed by atoms with E-state index in [9.17, 15) is 4.39 Å². The Balaban J connectivity index is 2.23. The van der Waals surface area contributed by atoms with Crippen LogP contribution in [0.3, 0.4) is 0 Å². The van der Waals surface area contributed by atoms with E-state index in [4.69, 9.17) is 0 Å². The number of benzene rings is 1. The first kappa shape index (κ1) is 11.1. The first-order valence-corrected chi connectivity index (χ1v) is 5.57. The van der Waals surface area contributed by atoms with Gasteiger partial charge >= 0.3 is 0 Å². The lowest BCUT2D eigenvalue weighted by Gasteiger charge is -2.09. The van der Waals surface area contributed by atoms with Gasteiger partial charge in [0, 0.05) is 12.5 Å². The van der Waals surface area contributed by atoms with Crippen LogP contribution < -0.4 is 5.32 Å². The molecule has 0 spiro atoms. The summed E-state index contributed by atoms with van der Waals surface area (Å²) in [6, 6.07) is 5.30. The second kappa shape index (κ2) is 4.61. The lowest BCUT2D eigenvalue weighted by molar-refractivity contribution is 0.555. The molecule has 2 rings (SSSR count). The van der Waals surface area contributed by atoms with Gasteiger partial charge in [-0.15, -0.1) is 0 Å². The summed E-state index contributed by atoms with van der Waals surface area (Å²) in [4.78, 5) is 7.40. The van der Waals surface area contributed by atoms with E-state index in [2.05, 4.69) is 29.1 Å². The summed E-state index contributed by atoms with van der Waals surface area (Å²) >= 11 is 0. The molecule has 0 aliphatic heterocycles. The van der Waals surface area contributed by atoms with Gasteiger partial charge in [0.05, 0.1) is 5.52 Å². The molecule has 0 radical (unpaired) electrons. The monoisotopic (exact) mass is 221 g/mol. The van der Waals surface area contributed by atoms with Gasteiger partial charge in [-0.3, -0.25) is 0 Å². The van der Waals surface area contributed by atoms with Crippen LogP contribution in [0.25, 0.3) is 11.0 Å². The maximum atomic E-state index is 13.4. The Hall–Kier alpha value is -1.42. The SMILES string of the molecule is CCNC(C)Cc1nc2c(F)cccc2[nH]1. The number of nitrogens with one attached hydrogen (secondary N) is 2. The summed E-state index contributed by atoms with van der Waals surface area (Å²) in [5.41, 5.74) is 1.19. The van der Waals surface area contributed by atoms with Gasteiger partial charge in [0.2, 0.25) is 0 Å². The third kappa shape index (κ3) is 2.22. The van der Waals surface area contributed by atoms with Crippen LogP contribution in [0, 0.1) is 5.82 Å². The van der Waals surface area contributed by atoms with Gasteiger partial charge < -0.3 is 10.3 Å². The molecule has 0 bridgehead atoms. The second-order valence-electron chi connectivity index (χ2n) is 3.98. The number of halogens is 1. The molecule has 0 amide bonds. The van der Waals surface area contributed by atoms with Crippen molar-refractivity contribution < 1.29 is 4.39 Å². The van der Waals surface area contributed by atoms with E-state index in [0.717, 1.165) is 24.3 Å². The first-order valence-electron chi connectivity index (χ1n) is 5.57. The maximum absolute atomic E-state index is 13.4. The first-order chi connectivity index (χ1) is 7.70. The minimum Gasteiger partial charge on any atom is -0.342 e. The molecule has 0 saturated heterocycles.